The first-order chi connectivity index (χ1) is 7.67. The fourth-order valence-electron chi connectivity index (χ4n) is 0.993. The van der Waals surface area contributed by atoms with E-state index in [9.17, 15) is 23.4 Å². The predicted octanol–water partition coefficient (Wildman–Crippen LogP) is -2.98. The Kier molecular flexibility index (Phi) is 6.52. The number of hydrogen-bond acceptors (Lipinski definition) is 7. The zero-order valence-electron chi connectivity index (χ0n) is 8.98. The van der Waals surface area contributed by atoms with Gasteiger partial charge in [0.15, 0.2) is 0 Å². The molecule has 5 N–H and O–H groups in total. The SMILES string of the molecule is CC(=O)NC[C@@H](O)[C@@H](OS(=O)(=O)O)[C@H](O)CO. The van der Waals surface area contributed by atoms with Gasteiger partial charge in [-0.1, -0.05) is 0 Å². The summed E-state index contributed by atoms with van der Waals surface area (Å²) in [5.74, 6) is -0.492. The lowest BCUT2D eigenvalue weighted by Gasteiger charge is -2.24. The number of rotatable bonds is 7. The lowest BCUT2D eigenvalue weighted by atomic mass is 10.1. The van der Waals surface area contributed by atoms with E-state index in [0.717, 1.165) is 6.92 Å². The maximum atomic E-state index is 10.6. The van der Waals surface area contributed by atoms with Crippen molar-refractivity contribution in [1.29, 1.82) is 0 Å². The highest BCUT2D eigenvalue weighted by Crippen LogP contribution is 2.08. The van der Waals surface area contributed by atoms with Gasteiger partial charge in [0.05, 0.1) is 6.61 Å². The molecule has 9 nitrogen and oxygen atoms in total. The molecule has 0 spiro atoms. The van der Waals surface area contributed by atoms with Crippen LogP contribution in [0.15, 0.2) is 0 Å². The van der Waals surface area contributed by atoms with E-state index >= 15 is 0 Å². The van der Waals surface area contributed by atoms with Crippen LogP contribution in [0.2, 0.25) is 0 Å². The van der Waals surface area contributed by atoms with Crippen LogP contribution in [-0.4, -0.2) is 65.7 Å². The van der Waals surface area contributed by atoms with Gasteiger partial charge < -0.3 is 20.6 Å². The van der Waals surface area contributed by atoms with E-state index in [1.54, 1.807) is 0 Å². The van der Waals surface area contributed by atoms with E-state index < -0.39 is 47.8 Å². The Morgan fingerprint density at radius 2 is 1.88 bits per heavy atom. The van der Waals surface area contributed by atoms with Crippen LogP contribution in [-0.2, 0) is 19.4 Å². The van der Waals surface area contributed by atoms with Crippen LogP contribution in [0.3, 0.4) is 0 Å². The molecule has 0 unspecified atom stereocenters. The third-order valence-electron chi connectivity index (χ3n) is 1.74. The minimum Gasteiger partial charge on any atom is -0.394 e. The van der Waals surface area contributed by atoms with E-state index in [1.807, 2.05) is 0 Å². The molecule has 0 aromatic carbocycles. The van der Waals surface area contributed by atoms with Crippen molar-refractivity contribution in [3.8, 4) is 0 Å². The fraction of sp³-hybridized carbons (Fsp3) is 0.857. The second kappa shape index (κ2) is 6.83. The maximum Gasteiger partial charge on any atom is 0.397 e. The number of aliphatic hydroxyl groups is 3. The van der Waals surface area contributed by atoms with Gasteiger partial charge >= 0.3 is 10.4 Å². The van der Waals surface area contributed by atoms with E-state index in [-0.39, 0.29) is 0 Å². The topological polar surface area (TPSA) is 153 Å². The Bertz CT molecular complexity index is 342. The quantitative estimate of drug-likeness (QED) is 0.308. The Labute approximate surface area is 98.0 Å². The second-order valence-corrected chi connectivity index (χ2v) is 4.29. The highest BCUT2D eigenvalue weighted by molar-refractivity contribution is 7.80. The molecule has 102 valence electrons. The number of aliphatic hydroxyl groups excluding tert-OH is 3. The summed E-state index contributed by atoms with van der Waals surface area (Å²) in [5.41, 5.74) is 0. The third-order valence-corrected chi connectivity index (χ3v) is 2.20. The number of amides is 1. The van der Waals surface area contributed by atoms with Gasteiger partial charge in [-0.2, -0.15) is 8.42 Å². The summed E-state index contributed by atoms with van der Waals surface area (Å²) in [7, 11) is -4.91. The molecule has 10 heteroatoms. The van der Waals surface area contributed by atoms with Crippen molar-refractivity contribution in [3.05, 3.63) is 0 Å². The number of nitrogens with one attached hydrogen (secondary N) is 1. The van der Waals surface area contributed by atoms with Gasteiger partial charge in [-0.05, 0) is 0 Å². The molecule has 0 bridgehead atoms. The summed E-state index contributed by atoms with van der Waals surface area (Å²) in [5, 5.41) is 29.4. The van der Waals surface area contributed by atoms with Crippen LogP contribution >= 0.6 is 0 Å². The third kappa shape index (κ3) is 7.20. The molecule has 0 aliphatic carbocycles. The molecular formula is C7H15NO8S. The molecule has 0 rings (SSSR count). The molecule has 1 amide bonds. The summed E-state index contributed by atoms with van der Waals surface area (Å²) in [6.07, 6.45) is -5.15. The van der Waals surface area contributed by atoms with Crippen molar-refractivity contribution in [2.24, 2.45) is 0 Å². The number of carbonyl (C=O) groups excluding carboxylic acids is 1. The van der Waals surface area contributed by atoms with E-state index in [1.165, 1.54) is 0 Å². The van der Waals surface area contributed by atoms with Gasteiger partial charge in [-0.25, -0.2) is 4.18 Å². The zero-order chi connectivity index (χ0) is 13.6. The van der Waals surface area contributed by atoms with Crippen molar-refractivity contribution in [3.63, 3.8) is 0 Å². The van der Waals surface area contributed by atoms with Crippen LogP contribution in [0.25, 0.3) is 0 Å². The molecule has 0 aliphatic heterocycles. The zero-order valence-corrected chi connectivity index (χ0v) is 9.79. The highest BCUT2D eigenvalue weighted by atomic mass is 32.3. The standard InChI is InChI=1S/C7H15NO8S/c1-4(10)8-2-5(11)7(6(12)3-9)16-17(13,14)15/h5-7,9,11-12H,2-3H2,1H3,(H,8,10)(H,13,14,15)/t5-,6-,7-/m1/s1. The lowest BCUT2D eigenvalue weighted by molar-refractivity contribution is -0.120. The van der Waals surface area contributed by atoms with Gasteiger partial charge in [-0.3, -0.25) is 9.35 Å². The molecule has 0 saturated heterocycles. The first-order valence-electron chi connectivity index (χ1n) is 4.54. The molecule has 0 radical (unpaired) electrons. The van der Waals surface area contributed by atoms with E-state index in [2.05, 4.69) is 9.50 Å². The van der Waals surface area contributed by atoms with Crippen LogP contribution in [0.4, 0.5) is 0 Å². The summed E-state index contributed by atoms with van der Waals surface area (Å²) < 4.78 is 33.3. The molecule has 0 aromatic heterocycles. The van der Waals surface area contributed by atoms with Crippen LogP contribution in [0.1, 0.15) is 6.92 Å². The van der Waals surface area contributed by atoms with Crippen molar-refractivity contribution in [2.75, 3.05) is 13.2 Å². The largest absolute Gasteiger partial charge is 0.397 e. The Morgan fingerprint density at radius 3 is 2.24 bits per heavy atom. The normalized spacial score (nSPS) is 17.2. The minimum atomic E-state index is -4.91. The molecule has 0 fully saturated rings. The summed E-state index contributed by atoms with van der Waals surface area (Å²) in [6.45, 7) is -0.141. The van der Waals surface area contributed by atoms with Crippen molar-refractivity contribution < 1.29 is 37.3 Å². The second-order valence-electron chi connectivity index (χ2n) is 3.24. The van der Waals surface area contributed by atoms with Gasteiger partial charge in [0.2, 0.25) is 5.91 Å². The lowest BCUT2D eigenvalue weighted by Crippen LogP contribution is -2.47. The van der Waals surface area contributed by atoms with Crippen LogP contribution < -0.4 is 5.32 Å². The summed E-state index contributed by atoms with van der Waals surface area (Å²) in [6, 6.07) is 0. The first kappa shape index (κ1) is 16.2. The smallest absolute Gasteiger partial charge is 0.394 e. The number of hydrogen-bond donors (Lipinski definition) is 5. The molecule has 17 heavy (non-hydrogen) atoms. The van der Waals surface area contributed by atoms with Crippen LogP contribution in [0.5, 0.6) is 0 Å². The predicted molar refractivity (Wildman–Crippen MR) is 54.2 cm³/mol. The molecule has 0 saturated carbocycles. The minimum absolute atomic E-state index is 0.410. The van der Waals surface area contributed by atoms with Crippen molar-refractivity contribution >= 4 is 16.3 Å². The average Bonchev–Trinajstić information content (AvgIpc) is 2.20. The molecule has 0 heterocycles. The fourth-order valence-corrected chi connectivity index (χ4v) is 1.53. The Balaban J connectivity index is 4.62. The highest BCUT2D eigenvalue weighted by Gasteiger charge is 2.31. The Hall–Kier alpha value is -0.780. The van der Waals surface area contributed by atoms with Gasteiger partial charge in [0, 0.05) is 13.5 Å². The van der Waals surface area contributed by atoms with Gasteiger partial charge in [0.25, 0.3) is 0 Å². The van der Waals surface area contributed by atoms with Gasteiger partial charge in [-0.15, -0.1) is 0 Å². The van der Waals surface area contributed by atoms with E-state index in [4.69, 9.17) is 9.66 Å². The van der Waals surface area contributed by atoms with Crippen LogP contribution in [0, 0.1) is 0 Å². The molecule has 3 atom stereocenters. The summed E-state index contributed by atoms with van der Waals surface area (Å²) >= 11 is 0. The molecule has 0 aliphatic rings. The van der Waals surface area contributed by atoms with Crippen molar-refractivity contribution in [2.45, 2.75) is 25.2 Å². The average molecular weight is 273 g/mol. The first-order valence-corrected chi connectivity index (χ1v) is 5.91. The monoisotopic (exact) mass is 273 g/mol. The van der Waals surface area contributed by atoms with Crippen molar-refractivity contribution in [1.82, 2.24) is 5.32 Å². The Morgan fingerprint density at radius 1 is 1.35 bits per heavy atom. The maximum absolute atomic E-state index is 10.6. The van der Waals surface area contributed by atoms with Gasteiger partial charge in [0.1, 0.15) is 18.3 Å². The van der Waals surface area contributed by atoms with E-state index in [0.29, 0.717) is 0 Å². The number of carbonyl (C=O) groups is 1. The summed E-state index contributed by atoms with van der Waals surface area (Å²) in [4.78, 5) is 10.6. The molecule has 0 aromatic rings. The molecular weight excluding hydrogens is 258 g/mol.